The summed E-state index contributed by atoms with van der Waals surface area (Å²) in [5, 5.41) is 0.132. The number of hydrogen-bond donors (Lipinski definition) is 0. The van der Waals surface area contributed by atoms with Crippen molar-refractivity contribution in [1.29, 1.82) is 0 Å². The maximum Gasteiger partial charge on any atom is 0.311 e. The number of ether oxygens (including phenoxy) is 1. The first-order valence-electron chi connectivity index (χ1n) is 5.40. The molecule has 2 heterocycles. The number of anilines is 1. The molecule has 0 saturated carbocycles. The van der Waals surface area contributed by atoms with Crippen LogP contribution < -0.4 is 4.90 Å². The molecule has 1 aliphatic rings. The number of methoxy groups -OCH3 is 1. The Morgan fingerprint density at radius 1 is 1.61 bits per heavy atom. The first-order valence-corrected chi connectivity index (χ1v) is 5.78. The van der Waals surface area contributed by atoms with E-state index in [-0.39, 0.29) is 30.1 Å². The predicted molar refractivity (Wildman–Crippen MR) is 64.3 cm³/mol. The Kier molecular flexibility index (Phi) is 3.47. The number of nitrogens with zero attached hydrogens (tertiary/aromatic N) is 3. The van der Waals surface area contributed by atoms with Crippen LogP contribution in [0.2, 0.25) is 5.28 Å². The fourth-order valence-electron chi connectivity index (χ4n) is 1.96. The van der Waals surface area contributed by atoms with Gasteiger partial charge in [-0.2, -0.15) is 0 Å². The third-order valence-corrected chi connectivity index (χ3v) is 3.06. The molecule has 2 rings (SSSR count). The minimum atomic E-state index is -0.433. The fourth-order valence-corrected chi connectivity index (χ4v) is 2.14. The summed E-state index contributed by atoms with van der Waals surface area (Å²) in [4.78, 5) is 32.6. The normalized spacial score (nSPS) is 19.2. The summed E-state index contributed by atoms with van der Waals surface area (Å²) < 4.78 is 4.65. The second kappa shape index (κ2) is 4.89. The van der Waals surface area contributed by atoms with Gasteiger partial charge in [0.25, 0.3) is 0 Å². The first-order chi connectivity index (χ1) is 8.52. The molecule has 1 unspecified atom stereocenters. The van der Waals surface area contributed by atoms with E-state index in [0.717, 1.165) is 0 Å². The third-order valence-electron chi connectivity index (χ3n) is 2.87. The summed E-state index contributed by atoms with van der Waals surface area (Å²) in [6.07, 6.45) is 1.64. The van der Waals surface area contributed by atoms with Gasteiger partial charge in [0, 0.05) is 13.0 Å². The average molecular weight is 270 g/mol. The van der Waals surface area contributed by atoms with Crippen LogP contribution in [-0.4, -0.2) is 35.5 Å². The van der Waals surface area contributed by atoms with Crippen LogP contribution >= 0.6 is 11.6 Å². The smallest absolute Gasteiger partial charge is 0.311 e. The number of rotatable bonds is 2. The van der Waals surface area contributed by atoms with E-state index in [1.165, 1.54) is 18.2 Å². The van der Waals surface area contributed by atoms with Crippen LogP contribution in [0.4, 0.5) is 5.69 Å². The van der Waals surface area contributed by atoms with E-state index in [9.17, 15) is 9.59 Å². The summed E-state index contributed by atoms with van der Waals surface area (Å²) in [6.45, 7) is 2.03. The lowest BCUT2D eigenvalue weighted by Crippen LogP contribution is -2.27. The molecule has 96 valence electrons. The molecule has 1 aromatic rings. The molecular weight excluding hydrogens is 258 g/mol. The molecule has 18 heavy (non-hydrogen) atoms. The number of aromatic nitrogens is 2. The monoisotopic (exact) mass is 269 g/mol. The number of hydrogen-bond acceptors (Lipinski definition) is 5. The van der Waals surface area contributed by atoms with Crippen LogP contribution in [0, 0.1) is 12.8 Å². The quantitative estimate of drug-likeness (QED) is 0.591. The second-order valence-electron chi connectivity index (χ2n) is 4.04. The lowest BCUT2D eigenvalue weighted by atomic mass is 10.1. The molecule has 1 amide bonds. The van der Waals surface area contributed by atoms with Crippen molar-refractivity contribution in [1.82, 2.24) is 9.97 Å². The molecule has 6 nitrogen and oxygen atoms in total. The van der Waals surface area contributed by atoms with E-state index in [0.29, 0.717) is 11.4 Å². The Labute approximate surface area is 109 Å². The fraction of sp³-hybridized carbons (Fsp3) is 0.455. The molecule has 0 radical (unpaired) electrons. The van der Waals surface area contributed by atoms with Crippen LogP contribution in [0.5, 0.6) is 0 Å². The highest BCUT2D eigenvalue weighted by Crippen LogP contribution is 2.27. The van der Waals surface area contributed by atoms with Crippen molar-refractivity contribution in [2.75, 3.05) is 18.6 Å². The van der Waals surface area contributed by atoms with Crippen LogP contribution in [0.15, 0.2) is 6.20 Å². The van der Waals surface area contributed by atoms with Gasteiger partial charge in [-0.25, -0.2) is 9.97 Å². The van der Waals surface area contributed by atoms with Gasteiger partial charge in [-0.3, -0.25) is 9.59 Å². The molecular formula is C11H12ClN3O3. The maximum atomic E-state index is 11.9. The summed E-state index contributed by atoms with van der Waals surface area (Å²) in [6, 6.07) is 0. The SMILES string of the molecule is COC(=O)C1CC(=O)N(c2cnc(Cl)nc2C)C1. The predicted octanol–water partition coefficient (Wildman–Crippen LogP) is 0.964. The van der Waals surface area contributed by atoms with Crippen molar-refractivity contribution in [2.24, 2.45) is 5.92 Å². The lowest BCUT2D eigenvalue weighted by molar-refractivity contribution is -0.145. The summed E-state index contributed by atoms with van der Waals surface area (Å²) >= 11 is 5.66. The molecule has 0 spiro atoms. The molecule has 0 N–H and O–H groups in total. The Morgan fingerprint density at radius 2 is 2.33 bits per heavy atom. The third kappa shape index (κ3) is 2.28. The molecule has 7 heteroatoms. The molecule has 1 aromatic heterocycles. The van der Waals surface area contributed by atoms with E-state index >= 15 is 0 Å². The number of halogens is 1. The van der Waals surface area contributed by atoms with Gasteiger partial charge in [0.05, 0.1) is 30.6 Å². The summed E-state index contributed by atoms with van der Waals surface area (Å²) in [5.74, 6) is -0.949. The van der Waals surface area contributed by atoms with E-state index in [2.05, 4.69) is 14.7 Å². The number of carbonyl (C=O) groups is 2. The van der Waals surface area contributed by atoms with Crippen molar-refractivity contribution < 1.29 is 14.3 Å². The summed E-state index contributed by atoms with van der Waals surface area (Å²) in [5.41, 5.74) is 1.18. The summed E-state index contributed by atoms with van der Waals surface area (Å²) in [7, 11) is 1.31. The Balaban J connectivity index is 2.24. The van der Waals surface area contributed by atoms with Crippen LogP contribution in [0.25, 0.3) is 0 Å². The van der Waals surface area contributed by atoms with Gasteiger partial charge in [0.15, 0.2) is 0 Å². The maximum absolute atomic E-state index is 11.9. The van der Waals surface area contributed by atoms with Crippen molar-refractivity contribution in [3.8, 4) is 0 Å². The standard InChI is InChI=1S/C11H12ClN3O3/c1-6-8(4-13-11(12)14-6)15-5-7(3-9(15)16)10(17)18-2/h4,7H,3,5H2,1-2H3. The zero-order chi connectivity index (χ0) is 13.3. The zero-order valence-corrected chi connectivity index (χ0v) is 10.8. The van der Waals surface area contributed by atoms with Gasteiger partial charge in [-0.1, -0.05) is 0 Å². The molecule has 1 saturated heterocycles. The molecule has 1 aliphatic heterocycles. The van der Waals surface area contributed by atoms with Crippen LogP contribution in [0.1, 0.15) is 12.1 Å². The highest BCUT2D eigenvalue weighted by molar-refractivity contribution is 6.28. The average Bonchev–Trinajstić information content (AvgIpc) is 2.70. The molecule has 0 aliphatic carbocycles. The zero-order valence-electron chi connectivity index (χ0n) is 10.0. The van der Waals surface area contributed by atoms with E-state index in [1.54, 1.807) is 6.92 Å². The molecule has 1 fully saturated rings. The van der Waals surface area contributed by atoms with E-state index < -0.39 is 5.92 Å². The molecule has 0 bridgehead atoms. The number of esters is 1. The topological polar surface area (TPSA) is 72.4 Å². The van der Waals surface area contributed by atoms with Gasteiger partial charge in [-0.15, -0.1) is 0 Å². The van der Waals surface area contributed by atoms with Crippen LogP contribution in [-0.2, 0) is 14.3 Å². The molecule has 0 aromatic carbocycles. The van der Waals surface area contributed by atoms with Crippen molar-refractivity contribution >= 4 is 29.2 Å². The van der Waals surface area contributed by atoms with Gasteiger partial charge in [0.1, 0.15) is 0 Å². The highest BCUT2D eigenvalue weighted by Gasteiger charge is 2.36. The number of carbonyl (C=O) groups excluding carboxylic acids is 2. The largest absolute Gasteiger partial charge is 0.469 e. The van der Waals surface area contributed by atoms with Crippen LogP contribution in [0.3, 0.4) is 0 Å². The van der Waals surface area contributed by atoms with Gasteiger partial charge < -0.3 is 9.64 Å². The van der Waals surface area contributed by atoms with E-state index in [4.69, 9.17) is 11.6 Å². The lowest BCUT2D eigenvalue weighted by Gasteiger charge is -2.17. The van der Waals surface area contributed by atoms with Gasteiger partial charge in [-0.05, 0) is 18.5 Å². The Hall–Kier alpha value is -1.69. The highest BCUT2D eigenvalue weighted by atomic mass is 35.5. The van der Waals surface area contributed by atoms with E-state index in [1.807, 2.05) is 0 Å². The Bertz CT molecular complexity index is 506. The van der Waals surface area contributed by atoms with Gasteiger partial charge >= 0.3 is 5.97 Å². The first kappa shape index (κ1) is 12.8. The number of amides is 1. The number of aryl methyl sites for hydroxylation is 1. The Morgan fingerprint density at radius 3 is 2.94 bits per heavy atom. The molecule has 1 atom stereocenters. The minimum Gasteiger partial charge on any atom is -0.469 e. The van der Waals surface area contributed by atoms with Crippen molar-refractivity contribution in [2.45, 2.75) is 13.3 Å². The minimum absolute atomic E-state index is 0.132. The second-order valence-corrected chi connectivity index (χ2v) is 4.38. The van der Waals surface area contributed by atoms with Gasteiger partial charge in [0.2, 0.25) is 11.2 Å². The van der Waals surface area contributed by atoms with Crippen molar-refractivity contribution in [3.63, 3.8) is 0 Å². The van der Waals surface area contributed by atoms with Crippen molar-refractivity contribution in [3.05, 3.63) is 17.2 Å².